The first kappa shape index (κ1) is 19.4. The maximum Gasteiger partial charge on any atom is 0.267 e. The molecule has 1 amide bonds. The molecular formula is C21H20FN3O3. The van der Waals surface area contributed by atoms with Crippen LogP contribution in [0.4, 0.5) is 4.39 Å². The first-order chi connectivity index (χ1) is 13.3. The number of carbonyl (C=O) groups excluding carboxylic acids is 1. The molecule has 0 unspecified atom stereocenters. The number of hydrogen-bond donors (Lipinski definition) is 2. The molecule has 0 saturated carbocycles. The minimum absolute atomic E-state index is 0.0471. The van der Waals surface area contributed by atoms with Gasteiger partial charge in [-0.25, -0.2) is 14.9 Å². The molecule has 6 nitrogen and oxygen atoms in total. The molecular weight excluding hydrogens is 361 g/mol. The van der Waals surface area contributed by atoms with E-state index in [0.29, 0.717) is 17.9 Å². The highest BCUT2D eigenvalue weighted by Gasteiger charge is 2.14. The fourth-order valence-electron chi connectivity index (χ4n) is 2.97. The predicted molar refractivity (Wildman–Crippen MR) is 105 cm³/mol. The smallest absolute Gasteiger partial charge is 0.267 e. The van der Waals surface area contributed by atoms with Crippen molar-refractivity contribution in [3.8, 4) is 5.69 Å². The summed E-state index contributed by atoms with van der Waals surface area (Å²) in [6.45, 7) is 5.84. The van der Waals surface area contributed by atoms with Crippen molar-refractivity contribution in [3.05, 3.63) is 75.1 Å². The van der Waals surface area contributed by atoms with Crippen molar-refractivity contribution in [3.63, 3.8) is 0 Å². The zero-order valence-electron chi connectivity index (χ0n) is 15.8. The second kappa shape index (κ2) is 7.74. The fraction of sp³-hybridized carbons (Fsp3) is 0.190. The maximum absolute atomic E-state index is 14.4. The van der Waals surface area contributed by atoms with E-state index in [-0.39, 0.29) is 22.0 Å². The third-order valence-electron chi connectivity index (χ3n) is 4.65. The van der Waals surface area contributed by atoms with Crippen LogP contribution in [-0.4, -0.2) is 20.7 Å². The van der Waals surface area contributed by atoms with E-state index in [1.807, 2.05) is 39.0 Å². The minimum Gasteiger partial charge on any atom is -0.288 e. The van der Waals surface area contributed by atoms with Crippen LogP contribution in [0.25, 0.3) is 22.7 Å². The molecule has 0 bridgehead atoms. The molecule has 3 rings (SSSR count). The van der Waals surface area contributed by atoms with Crippen molar-refractivity contribution in [2.75, 3.05) is 0 Å². The average molecular weight is 381 g/mol. The van der Waals surface area contributed by atoms with E-state index < -0.39 is 11.7 Å². The molecule has 0 saturated heterocycles. The monoisotopic (exact) mass is 381 g/mol. The van der Waals surface area contributed by atoms with Gasteiger partial charge in [-0.15, -0.1) is 0 Å². The molecule has 144 valence electrons. The van der Waals surface area contributed by atoms with Crippen LogP contribution in [0.5, 0.6) is 0 Å². The number of aromatic nitrogens is 2. The molecule has 2 aromatic carbocycles. The first-order valence-corrected chi connectivity index (χ1v) is 8.80. The molecule has 3 aromatic rings. The van der Waals surface area contributed by atoms with Gasteiger partial charge in [0.25, 0.3) is 11.5 Å². The highest BCUT2D eigenvalue weighted by Crippen LogP contribution is 2.20. The van der Waals surface area contributed by atoms with Crippen molar-refractivity contribution < 1.29 is 14.4 Å². The molecule has 0 atom stereocenters. The van der Waals surface area contributed by atoms with Gasteiger partial charge >= 0.3 is 0 Å². The van der Waals surface area contributed by atoms with Gasteiger partial charge in [0.2, 0.25) is 0 Å². The number of aryl methyl sites for hydroxylation is 3. The third kappa shape index (κ3) is 3.57. The summed E-state index contributed by atoms with van der Waals surface area (Å²) in [6.07, 6.45) is 2.66. The predicted octanol–water partition coefficient (Wildman–Crippen LogP) is 3.22. The number of nitrogens with one attached hydrogen (secondary N) is 1. The molecule has 1 heterocycles. The largest absolute Gasteiger partial charge is 0.288 e. The Balaban J connectivity index is 2.27. The molecule has 0 radical (unpaired) electrons. The van der Waals surface area contributed by atoms with Crippen LogP contribution < -0.4 is 11.0 Å². The average Bonchev–Trinajstić information content (AvgIpc) is 2.68. The zero-order valence-corrected chi connectivity index (χ0v) is 15.8. The van der Waals surface area contributed by atoms with Crippen molar-refractivity contribution in [2.45, 2.75) is 27.2 Å². The van der Waals surface area contributed by atoms with Gasteiger partial charge < -0.3 is 0 Å². The minimum atomic E-state index is -0.800. The van der Waals surface area contributed by atoms with Gasteiger partial charge in [-0.05, 0) is 49.2 Å². The highest BCUT2D eigenvalue weighted by atomic mass is 19.1. The summed E-state index contributed by atoms with van der Waals surface area (Å²) in [4.78, 5) is 28.9. The van der Waals surface area contributed by atoms with E-state index in [4.69, 9.17) is 5.21 Å². The van der Waals surface area contributed by atoms with E-state index in [2.05, 4.69) is 4.98 Å². The quantitative estimate of drug-likeness (QED) is 0.413. The number of amides is 1. The van der Waals surface area contributed by atoms with E-state index in [9.17, 15) is 14.0 Å². The normalized spacial score (nSPS) is 11.3. The molecule has 0 spiro atoms. The summed E-state index contributed by atoms with van der Waals surface area (Å²) in [6, 6.07) is 8.24. The Morgan fingerprint density at radius 1 is 1.25 bits per heavy atom. The molecule has 0 fully saturated rings. The number of rotatable bonds is 4. The van der Waals surface area contributed by atoms with Gasteiger partial charge in [0.05, 0.1) is 16.6 Å². The van der Waals surface area contributed by atoms with Gasteiger partial charge in [0.15, 0.2) is 0 Å². The molecule has 0 aliphatic heterocycles. The summed E-state index contributed by atoms with van der Waals surface area (Å²) in [7, 11) is 0. The Hall–Kier alpha value is -3.32. The maximum atomic E-state index is 14.4. The lowest BCUT2D eigenvalue weighted by Gasteiger charge is -2.14. The van der Waals surface area contributed by atoms with Crippen molar-refractivity contribution in [2.24, 2.45) is 0 Å². The van der Waals surface area contributed by atoms with Crippen molar-refractivity contribution in [1.29, 1.82) is 0 Å². The second-order valence-corrected chi connectivity index (χ2v) is 6.49. The SMILES string of the molecule is CCc1nc2cc(F)c(/C=C/C(=O)NO)cc2c(=O)n1-c1ccc(C)c(C)c1. The number of hydrogen-bond acceptors (Lipinski definition) is 4. The molecule has 0 aliphatic rings. The van der Waals surface area contributed by atoms with Crippen LogP contribution in [0, 0.1) is 19.7 Å². The van der Waals surface area contributed by atoms with E-state index in [0.717, 1.165) is 17.2 Å². The van der Waals surface area contributed by atoms with Crippen LogP contribution in [0.2, 0.25) is 0 Å². The fourth-order valence-corrected chi connectivity index (χ4v) is 2.97. The van der Waals surface area contributed by atoms with Crippen LogP contribution >= 0.6 is 0 Å². The van der Waals surface area contributed by atoms with Crippen molar-refractivity contribution in [1.82, 2.24) is 15.0 Å². The second-order valence-electron chi connectivity index (χ2n) is 6.49. The van der Waals surface area contributed by atoms with Gasteiger partial charge in [0.1, 0.15) is 11.6 Å². The lowest BCUT2D eigenvalue weighted by atomic mass is 10.1. The van der Waals surface area contributed by atoms with E-state index >= 15 is 0 Å². The van der Waals surface area contributed by atoms with E-state index in [1.54, 1.807) is 0 Å². The Morgan fingerprint density at radius 3 is 2.64 bits per heavy atom. The van der Waals surface area contributed by atoms with E-state index in [1.165, 1.54) is 28.3 Å². The molecule has 2 N–H and O–H groups in total. The van der Waals surface area contributed by atoms with Crippen LogP contribution in [0.1, 0.15) is 29.4 Å². The number of halogens is 1. The summed E-state index contributed by atoms with van der Waals surface area (Å²) < 4.78 is 15.9. The molecule has 28 heavy (non-hydrogen) atoms. The lowest BCUT2D eigenvalue weighted by Crippen LogP contribution is -2.24. The summed E-state index contributed by atoms with van der Waals surface area (Å²) in [5.41, 5.74) is 4.27. The van der Waals surface area contributed by atoms with Crippen LogP contribution in [0.3, 0.4) is 0 Å². The van der Waals surface area contributed by atoms with Gasteiger partial charge in [-0.1, -0.05) is 13.0 Å². The number of fused-ring (bicyclic) bond motifs is 1. The molecule has 7 heteroatoms. The number of hydroxylamine groups is 1. The Kier molecular flexibility index (Phi) is 5.37. The number of carbonyl (C=O) groups is 1. The summed E-state index contributed by atoms with van der Waals surface area (Å²) in [5.74, 6) is -0.887. The number of benzene rings is 2. The molecule has 1 aromatic heterocycles. The first-order valence-electron chi connectivity index (χ1n) is 8.80. The number of nitrogens with zero attached hydrogens (tertiary/aromatic N) is 2. The Morgan fingerprint density at radius 2 is 2.00 bits per heavy atom. The Bertz CT molecular complexity index is 1170. The zero-order chi connectivity index (χ0) is 20.4. The highest BCUT2D eigenvalue weighted by molar-refractivity contribution is 5.91. The van der Waals surface area contributed by atoms with Gasteiger partial charge in [-0.2, -0.15) is 0 Å². The Labute approximate surface area is 160 Å². The van der Waals surface area contributed by atoms with Gasteiger partial charge in [-0.3, -0.25) is 19.4 Å². The summed E-state index contributed by atoms with van der Waals surface area (Å²) >= 11 is 0. The molecule has 0 aliphatic carbocycles. The van der Waals surface area contributed by atoms with Crippen LogP contribution in [-0.2, 0) is 11.2 Å². The lowest BCUT2D eigenvalue weighted by molar-refractivity contribution is -0.124. The van der Waals surface area contributed by atoms with Crippen LogP contribution in [0.15, 0.2) is 41.2 Å². The summed E-state index contributed by atoms with van der Waals surface area (Å²) in [5, 5.41) is 8.79. The third-order valence-corrected chi connectivity index (χ3v) is 4.65. The topological polar surface area (TPSA) is 84.2 Å². The van der Waals surface area contributed by atoms with Crippen molar-refractivity contribution >= 4 is 22.9 Å². The standard InChI is InChI=1S/C21H20FN3O3/c1-4-19-23-18-11-17(22)14(6-8-20(26)24-28)10-16(18)21(27)25(19)15-7-5-12(2)13(3)9-15/h5-11,28H,4H2,1-3H3,(H,24,26)/b8-6+. The van der Waals surface area contributed by atoms with Gasteiger partial charge in [0, 0.05) is 24.1 Å².